The van der Waals surface area contributed by atoms with E-state index >= 15 is 0 Å². The summed E-state index contributed by atoms with van der Waals surface area (Å²) in [4.78, 5) is 28.3. The van der Waals surface area contributed by atoms with Gasteiger partial charge in [-0.25, -0.2) is 13.4 Å². The van der Waals surface area contributed by atoms with Crippen molar-refractivity contribution in [1.82, 2.24) is 4.98 Å². The zero-order chi connectivity index (χ0) is 20.5. The fourth-order valence-corrected chi connectivity index (χ4v) is 4.72. The van der Waals surface area contributed by atoms with Gasteiger partial charge in [0.25, 0.3) is 5.91 Å². The largest absolute Gasteiger partial charge is 0.326 e. The fraction of sp³-hybridized carbons (Fsp3) is 0.211. The van der Waals surface area contributed by atoms with E-state index in [-0.39, 0.29) is 16.4 Å². The maximum atomic E-state index is 12.7. The molecule has 0 spiro atoms. The van der Waals surface area contributed by atoms with Gasteiger partial charge in [0.05, 0.1) is 25.9 Å². The van der Waals surface area contributed by atoms with Crippen LogP contribution >= 0.6 is 11.3 Å². The first-order valence-corrected chi connectivity index (χ1v) is 10.9. The van der Waals surface area contributed by atoms with Crippen LogP contribution in [0.3, 0.4) is 0 Å². The Morgan fingerprint density at radius 1 is 1.07 bits per heavy atom. The van der Waals surface area contributed by atoms with Gasteiger partial charge in [-0.1, -0.05) is 23.5 Å². The van der Waals surface area contributed by atoms with Crippen molar-refractivity contribution in [3.05, 3.63) is 48.0 Å². The first-order valence-electron chi connectivity index (χ1n) is 8.51. The van der Waals surface area contributed by atoms with E-state index in [1.165, 1.54) is 30.4 Å². The second-order valence-electron chi connectivity index (χ2n) is 6.43. The molecule has 0 radical (unpaired) electrons. The van der Waals surface area contributed by atoms with Crippen LogP contribution in [-0.2, 0) is 14.6 Å². The number of fused-ring (bicyclic) bond motifs is 1. The van der Waals surface area contributed by atoms with Crippen LogP contribution in [0, 0.1) is 0 Å². The first-order chi connectivity index (χ1) is 13.2. The summed E-state index contributed by atoms with van der Waals surface area (Å²) >= 11 is 1.24. The highest BCUT2D eigenvalue weighted by Crippen LogP contribution is 2.29. The Morgan fingerprint density at radius 2 is 1.79 bits per heavy atom. The smallest absolute Gasteiger partial charge is 0.258 e. The summed E-state index contributed by atoms with van der Waals surface area (Å²) in [6.45, 7) is 4.57. The molecule has 3 aromatic rings. The fourth-order valence-electron chi connectivity index (χ4n) is 2.58. The summed E-state index contributed by atoms with van der Waals surface area (Å²) < 4.78 is 25.9. The Morgan fingerprint density at radius 3 is 2.46 bits per heavy atom. The molecule has 1 aromatic heterocycles. The number of carbonyl (C=O) groups is 2. The highest BCUT2D eigenvalue weighted by Gasteiger charge is 2.25. The van der Waals surface area contributed by atoms with Crippen molar-refractivity contribution in [2.45, 2.75) is 30.9 Å². The van der Waals surface area contributed by atoms with E-state index in [0.29, 0.717) is 16.3 Å². The molecule has 2 amide bonds. The monoisotopic (exact) mass is 417 g/mol. The topological polar surface area (TPSA) is 105 Å². The quantitative estimate of drug-likeness (QED) is 0.659. The van der Waals surface area contributed by atoms with Crippen molar-refractivity contribution in [1.29, 1.82) is 0 Å². The number of carbonyl (C=O) groups excluding carboxylic acids is 2. The Bertz CT molecular complexity index is 1170. The molecule has 0 aliphatic heterocycles. The molecule has 0 aliphatic rings. The van der Waals surface area contributed by atoms with Crippen molar-refractivity contribution in [3.63, 3.8) is 0 Å². The molecule has 1 heterocycles. The molecule has 0 unspecified atom stereocenters. The predicted molar refractivity (Wildman–Crippen MR) is 111 cm³/mol. The number of hydrogen-bond acceptors (Lipinski definition) is 6. The molecule has 9 heteroatoms. The Hall–Kier alpha value is -2.78. The van der Waals surface area contributed by atoms with Crippen molar-refractivity contribution in [2.75, 3.05) is 10.6 Å². The first kappa shape index (κ1) is 20.0. The van der Waals surface area contributed by atoms with Crippen LogP contribution in [0.1, 0.15) is 31.1 Å². The van der Waals surface area contributed by atoms with E-state index in [1.807, 2.05) is 0 Å². The van der Waals surface area contributed by atoms with Gasteiger partial charge >= 0.3 is 0 Å². The lowest BCUT2D eigenvalue weighted by Crippen LogP contribution is -2.20. The predicted octanol–water partition coefficient (Wildman–Crippen LogP) is 3.69. The molecule has 7 nitrogen and oxygen atoms in total. The molecule has 146 valence electrons. The van der Waals surface area contributed by atoms with Gasteiger partial charge in [-0.3, -0.25) is 14.9 Å². The average molecular weight is 418 g/mol. The number of thiazole rings is 1. The molecule has 3 rings (SSSR count). The maximum absolute atomic E-state index is 12.7. The van der Waals surface area contributed by atoms with Gasteiger partial charge in [0.15, 0.2) is 15.0 Å². The summed E-state index contributed by atoms with van der Waals surface area (Å²) in [6.07, 6.45) is 0. The van der Waals surface area contributed by atoms with E-state index in [4.69, 9.17) is 0 Å². The van der Waals surface area contributed by atoms with Gasteiger partial charge in [0.1, 0.15) is 0 Å². The van der Waals surface area contributed by atoms with Crippen LogP contribution in [0.4, 0.5) is 10.8 Å². The number of sulfone groups is 1. The number of nitrogens with one attached hydrogen (secondary N) is 2. The third-order valence-electron chi connectivity index (χ3n) is 3.99. The Balaban J connectivity index is 1.91. The standard InChI is InChI=1S/C19H19N3O4S2/c1-11(2)28(25,26)17-7-5-4-6-14(17)18(24)22-19-21-15-9-8-13(20-12(3)23)10-16(15)27-19/h4-11H,1-3H3,(H,20,23)(H,21,22,24). The second-order valence-corrected chi connectivity index (χ2v) is 9.93. The van der Waals surface area contributed by atoms with Crippen molar-refractivity contribution < 1.29 is 18.0 Å². The average Bonchev–Trinajstić information content (AvgIpc) is 3.02. The van der Waals surface area contributed by atoms with E-state index in [9.17, 15) is 18.0 Å². The zero-order valence-electron chi connectivity index (χ0n) is 15.5. The van der Waals surface area contributed by atoms with Gasteiger partial charge in [0, 0.05) is 12.6 Å². The number of aromatic nitrogens is 1. The number of benzene rings is 2. The highest BCUT2D eigenvalue weighted by atomic mass is 32.2. The van der Waals surface area contributed by atoms with E-state index in [1.54, 1.807) is 44.2 Å². The Labute approximate surface area is 166 Å². The number of anilines is 2. The number of rotatable bonds is 5. The summed E-state index contributed by atoms with van der Waals surface area (Å²) in [5.41, 5.74) is 1.38. The summed E-state index contributed by atoms with van der Waals surface area (Å²) in [5.74, 6) is -0.721. The summed E-state index contributed by atoms with van der Waals surface area (Å²) in [5, 5.41) is 5.07. The van der Waals surface area contributed by atoms with Gasteiger partial charge in [0.2, 0.25) is 5.91 Å². The van der Waals surface area contributed by atoms with Crippen LogP contribution in [0.25, 0.3) is 10.2 Å². The van der Waals surface area contributed by atoms with Crippen LogP contribution in [0.5, 0.6) is 0 Å². The van der Waals surface area contributed by atoms with Crippen LogP contribution in [0.2, 0.25) is 0 Å². The van der Waals surface area contributed by atoms with Crippen molar-refractivity contribution in [3.8, 4) is 0 Å². The molecule has 2 aromatic carbocycles. The molecule has 28 heavy (non-hydrogen) atoms. The number of amides is 2. The SMILES string of the molecule is CC(=O)Nc1ccc2nc(NC(=O)c3ccccc3S(=O)(=O)C(C)C)sc2c1. The molecule has 2 N–H and O–H groups in total. The minimum Gasteiger partial charge on any atom is -0.326 e. The lowest BCUT2D eigenvalue weighted by Gasteiger charge is -2.12. The zero-order valence-corrected chi connectivity index (χ0v) is 17.1. The van der Waals surface area contributed by atoms with Gasteiger partial charge in [-0.15, -0.1) is 0 Å². The van der Waals surface area contributed by atoms with E-state index in [0.717, 1.165) is 4.70 Å². The molecule has 0 atom stereocenters. The van der Waals surface area contributed by atoms with Crippen molar-refractivity contribution >= 4 is 54.0 Å². The summed E-state index contributed by atoms with van der Waals surface area (Å²) in [7, 11) is -3.60. The molecule has 0 saturated heterocycles. The lowest BCUT2D eigenvalue weighted by molar-refractivity contribution is -0.114. The minimum absolute atomic E-state index is 0.00319. The van der Waals surface area contributed by atoms with E-state index in [2.05, 4.69) is 15.6 Å². The molecule has 0 saturated carbocycles. The highest BCUT2D eigenvalue weighted by molar-refractivity contribution is 7.92. The lowest BCUT2D eigenvalue weighted by atomic mass is 10.2. The molecule has 0 fully saturated rings. The minimum atomic E-state index is -3.60. The number of nitrogens with zero attached hydrogens (tertiary/aromatic N) is 1. The van der Waals surface area contributed by atoms with Crippen LogP contribution in [0.15, 0.2) is 47.4 Å². The van der Waals surface area contributed by atoms with Crippen molar-refractivity contribution in [2.24, 2.45) is 0 Å². The molecule has 0 aliphatic carbocycles. The van der Waals surface area contributed by atoms with Crippen LogP contribution < -0.4 is 10.6 Å². The van der Waals surface area contributed by atoms with Crippen LogP contribution in [-0.4, -0.2) is 30.5 Å². The summed E-state index contributed by atoms with van der Waals surface area (Å²) in [6, 6.07) is 11.3. The molecule has 0 bridgehead atoms. The Kier molecular flexibility index (Phi) is 5.48. The van der Waals surface area contributed by atoms with Gasteiger partial charge in [-0.2, -0.15) is 0 Å². The third-order valence-corrected chi connectivity index (χ3v) is 7.13. The second kappa shape index (κ2) is 7.69. The van der Waals surface area contributed by atoms with E-state index < -0.39 is 21.0 Å². The van der Waals surface area contributed by atoms with Gasteiger partial charge in [-0.05, 0) is 44.2 Å². The molecular formula is C19H19N3O4S2. The van der Waals surface area contributed by atoms with Gasteiger partial charge < -0.3 is 5.32 Å². The normalized spacial score (nSPS) is 11.6. The molecular weight excluding hydrogens is 398 g/mol. The maximum Gasteiger partial charge on any atom is 0.258 e. The third kappa shape index (κ3) is 4.05. The number of hydrogen-bond donors (Lipinski definition) is 2.